The maximum atomic E-state index is 12.8. The number of carbonyl (C=O) groups excluding carboxylic acids is 1. The highest BCUT2D eigenvalue weighted by Gasteiger charge is 2.16. The summed E-state index contributed by atoms with van der Waals surface area (Å²) in [5.74, 6) is 0.846. The van der Waals surface area contributed by atoms with Gasteiger partial charge >= 0.3 is 5.69 Å². The molecule has 2 aromatic heterocycles. The summed E-state index contributed by atoms with van der Waals surface area (Å²) in [5, 5.41) is 7.14. The number of aryl methyl sites for hydroxylation is 2. The molecule has 32 heavy (non-hydrogen) atoms. The number of rotatable bonds is 6. The first-order chi connectivity index (χ1) is 15.3. The molecular formula is C24H25N5O3. The number of amides is 1. The molecule has 0 aliphatic heterocycles. The van der Waals surface area contributed by atoms with Crippen molar-refractivity contribution in [2.75, 3.05) is 5.32 Å². The summed E-state index contributed by atoms with van der Waals surface area (Å²) in [4.78, 5) is 29.6. The van der Waals surface area contributed by atoms with Crippen LogP contribution in [0.4, 0.5) is 5.69 Å². The van der Waals surface area contributed by atoms with E-state index in [2.05, 4.69) is 29.2 Å². The summed E-state index contributed by atoms with van der Waals surface area (Å²) in [6.45, 7) is 7.87. The number of nitrogens with one attached hydrogen (secondary N) is 1. The molecule has 0 bridgehead atoms. The van der Waals surface area contributed by atoms with Crippen molar-refractivity contribution in [3.8, 4) is 11.6 Å². The Hall–Kier alpha value is -3.94. The molecule has 0 radical (unpaired) electrons. The van der Waals surface area contributed by atoms with Gasteiger partial charge in [-0.3, -0.25) is 4.79 Å². The molecule has 1 amide bonds. The SMILES string of the molecule is Cc1ccc(C)c(NC(=O)Cn2nc3c(Oc4ccc(C(C)C)cc4)nccn3c2=O)c1. The lowest BCUT2D eigenvalue weighted by molar-refractivity contribution is -0.117. The van der Waals surface area contributed by atoms with Gasteiger partial charge in [0.1, 0.15) is 12.3 Å². The van der Waals surface area contributed by atoms with Crippen LogP contribution in [0.3, 0.4) is 0 Å². The van der Waals surface area contributed by atoms with E-state index in [1.165, 1.54) is 22.4 Å². The Bertz CT molecular complexity index is 1340. The van der Waals surface area contributed by atoms with Gasteiger partial charge < -0.3 is 10.1 Å². The molecule has 0 spiro atoms. The van der Waals surface area contributed by atoms with Gasteiger partial charge in [-0.15, -0.1) is 5.10 Å². The van der Waals surface area contributed by atoms with Crippen LogP contribution in [0.5, 0.6) is 11.6 Å². The van der Waals surface area contributed by atoms with Crippen LogP contribution in [-0.2, 0) is 11.3 Å². The van der Waals surface area contributed by atoms with E-state index in [9.17, 15) is 9.59 Å². The van der Waals surface area contributed by atoms with Crippen LogP contribution in [0, 0.1) is 13.8 Å². The molecule has 4 aromatic rings. The zero-order chi connectivity index (χ0) is 22.8. The van der Waals surface area contributed by atoms with E-state index in [0.717, 1.165) is 15.8 Å². The largest absolute Gasteiger partial charge is 0.436 e. The highest BCUT2D eigenvalue weighted by Crippen LogP contribution is 2.24. The molecule has 1 N–H and O–H groups in total. The molecular weight excluding hydrogens is 406 g/mol. The van der Waals surface area contributed by atoms with Gasteiger partial charge in [0.2, 0.25) is 11.6 Å². The predicted molar refractivity (Wildman–Crippen MR) is 122 cm³/mol. The van der Waals surface area contributed by atoms with Crippen molar-refractivity contribution in [3.05, 3.63) is 82.0 Å². The molecule has 8 heteroatoms. The first-order valence-corrected chi connectivity index (χ1v) is 10.4. The van der Waals surface area contributed by atoms with Gasteiger partial charge in [0.05, 0.1) is 0 Å². The van der Waals surface area contributed by atoms with Crippen molar-refractivity contribution in [3.63, 3.8) is 0 Å². The third-order valence-corrected chi connectivity index (χ3v) is 5.19. The van der Waals surface area contributed by atoms with Crippen LogP contribution < -0.4 is 15.7 Å². The van der Waals surface area contributed by atoms with Crippen LogP contribution >= 0.6 is 0 Å². The highest BCUT2D eigenvalue weighted by atomic mass is 16.5. The monoisotopic (exact) mass is 431 g/mol. The fourth-order valence-corrected chi connectivity index (χ4v) is 3.33. The molecule has 0 atom stereocenters. The van der Waals surface area contributed by atoms with Crippen LogP contribution in [0.2, 0.25) is 0 Å². The molecule has 164 valence electrons. The second-order valence-electron chi connectivity index (χ2n) is 8.06. The van der Waals surface area contributed by atoms with Crippen molar-refractivity contribution >= 4 is 17.2 Å². The van der Waals surface area contributed by atoms with Gasteiger partial charge in [0, 0.05) is 18.1 Å². The number of fused-ring (bicyclic) bond motifs is 1. The lowest BCUT2D eigenvalue weighted by atomic mass is 10.0. The summed E-state index contributed by atoms with van der Waals surface area (Å²) >= 11 is 0. The average Bonchev–Trinajstić information content (AvgIpc) is 3.07. The van der Waals surface area contributed by atoms with Crippen molar-refractivity contribution in [1.29, 1.82) is 0 Å². The van der Waals surface area contributed by atoms with E-state index >= 15 is 0 Å². The Morgan fingerprint density at radius 1 is 1.12 bits per heavy atom. The number of aromatic nitrogens is 4. The smallest absolute Gasteiger partial charge is 0.351 e. The Labute approximate surface area is 185 Å². The number of carbonyl (C=O) groups is 1. The molecule has 8 nitrogen and oxygen atoms in total. The lowest BCUT2D eigenvalue weighted by Gasteiger charge is -2.09. The Morgan fingerprint density at radius 3 is 2.59 bits per heavy atom. The molecule has 0 saturated carbocycles. The number of nitrogens with zero attached hydrogens (tertiary/aromatic N) is 4. The third-order valence-electron chi connectivity index (χ3n) is 5.19. The zero-order valence-corrected chi connectivity index (χ0v) is 18.5. The highest BCUT2D eigenvalue weighted by molar-refractivity contribution is 5.91. The molecule has 4 rings (SSSR count). The minimum Gasteiger partial charge on any atom is -0.436 e. The van der Waals surface area contributed by atoms with Crippen LogP contribution in [0.15, 0.2) is 59.7 Å². The van der Waals surface area contributed by atoms with Crippen LogP contribution in [0.25, 0.3) is 5.65 Å². The van der Waals surface area contributed by atoms with E-state index in [-0.39, 0.29) is 24.0 Å². The van der Waals surface area contributed by atoms with Gasteiger partial charge in [-0.25, -0.2) is 18.9 Å². The van der Waals surface area contributed by atoms with E-state index in [4.69, 9.17) is 4.74 Å². The van der Waals surface area contributed by atoms with Crippen molar-refractivity contribution < 1.29 is 9.53 Å². The number of anilines is 1. The first kappa shape index (κ1) is 21.3. The van der Waals surface area contributed by atoms with Crippen LogP contribution in [-0.4, -0.2) is 25.1 Å². The normalized spacial score (nSPS) is 11.2. The molecule has 2 aromatic carbocycles. The van der Waals surface area contributed by atoms with Gasteiger partial charge in [-0.1, -0.05) is 38.1 Å². The second kappa shape index (κ2) is 8.66. The molecule has 0 aliphatic carbocycles. The van der Waals surface area contributed by atoms with Crippen molar-refractivity contribution in [2.45, 2.75) is 40.2 Å². The average molecular weight is 431 g/mol. The van der Waals surface area contributed by atoms with Crippen molar-refractivity contribution in [2.24, 2.45) is 0 Å². The molecule has 0 saturated heterocycles. The summed E-state index contributed by atoms with van der Waals surface area (Å²) in [6.07, 6.45) is 2.97. The van der Waals surface area contributed by atoms with E-state index in [1.807, 2.05) is 56.3 Å². The Balaban J connectivity index is 1.57. The number of ether oxygens (including phenoxy) is 1. The fraction of sp³-hybridized carbons (Fsp3) is 0.250. The maximum Gasteiger partial charge on any atom is 0.351 e. The summed E-state index contributed by atoms with van der Waals surface area (Å²) < 4.78 is 8.30. The number of hydrogen-bond acceptors (Lipinski definition) is 5. The van der Waals surface area contributed by atoms with Gasteiger partial charge in [-0.2, -0.15) is 0 Å². The van der Waals surface area contributed by atoms with Gasteiger partial charge in [-0.05, 0) is 54.7 Å². The lowest BCUT2D eigenvalue weighted by Crippen LogP contribution is -2.28. The fourth-order valence-electron chi connectivity index (χ4n) is 3.33. The quantitative estimate of drug-likeness (QED) is 0.497. The molecule has 2 heterocycles. The topological polar surface area (TPSA) is 90.5 Å². The van der Waals surface area contributed by atoms with Gasteiger partial charge in [0.25, 0.3) is 5.88 Å². The number of hydrogen-bond donors (Lipinski definition) is 1. The summed E-state index contributed by atoms with van der Waals surface area (Å²) in [5.41, 5.74) is 3.67. The summed E-state index contributed by atoms with van der Waals surface area (Å²) in [6, 6.07) is 13.5. The van der Waals surface area contributed by atoms with Crippen LogP contribution in [0.1, 0.15) is 36.5 Å². The number of benzene rings is 2. The second-order valence-corrected chi connectivity index (χ2v) is 8.06. The van der Waals surface area contributed by atoms with E-state index in [1.54, 1.807) is 0 Å². The standard InChI is InChI=1S/C24H25N5O3/c1-15(2)18-7-9-19(10-8-18)32-23-22-27-29(24(31)28(22)12-11-25-23)14-21(30)26-20-13-16(3)5-6-17(20)4/h5-13,15H,14H2,1-4H3,(H,26,30). The molecule has 0 fully saturated rings. The maximum absolute atomic E-state index is 12.8. The minimum absolute atomic E-state index is 0.190. The minimum atomic E-state index is -0.446. The van der Waals surface area contributed by atoms with Crippen molar-refractivity contribution in [1.82, 2.24) is 19.2 Å². The Morgan fingerprint density at radius 2 is 1.88 bits per heavy atom. The molecule has 0 unspecified atom stereocenters. The van der Waals surface area contributed by atoms with Gasteiger partial charge in [0.15, 0.2) is 0 Å². The first-order valence-electron chi connectivity index (χ1n) is 10.4. The van der Waals surface area contributed by atoms with E-state index in [0.29, 0.717) is 17.4 Å². The van der Waals surface area contributed by atoms with E-state index < -0.39 is 5.69 Å². The molecule has 0 aliphatic rings. The third kappa shape index (κ3) is 4.39. The Kier molecular flexibility index (Phi) is 5.77. The zero-order valence-electron chi connectivity index (χ0n) is 18.5. The summed E-state index contributed by atoms with van der Waals surface area (Å²) in [7, 11) is 0. The predicted octanol–water partition coefficient (Wildman–Crippen LogP) is 4.06.